The molecule has 0 atom stereocenters. The molecule has 0 radical (unpaired) electrons. The zero-order valence-electron chi connectivity index (χ0n) is 13.4. The van der Waals surface area contributed by atoms with Crippen LogP contribution in [0.4, 0.5) is 0 Å². The number of hydrogen-bond acceptors (Lipinski definition) is 2. The van der Waals surface area contributed by atoms with Crippen molar-refractivity contribution in [2.45, 2.75) is 20.4 Å². The number of benzene rings is 1. The summed E-state index contributed by atoms with van der Waals surface area (Å²) in [6.07, 6.45) is 2.23. The first-order chi connectivity index (χ1) is 9.39. The lowest BCUT2D eigenvalue weighted by atomic mass is 9.93. The van der Waals surface area contributed by atoms with Gasteiger partial charge in [0.2, 0.25) is 0 Å². The van der Waals surface area contributed by atoms with Gasteiger partial charge in [0.05, 0.1) is 0 Å². The van der Waals surface area contributed by atoms with Crippen LogP contribution >= 0.6 is 0 Å². The van der Waals surface area contributed by atoms with E-state index in [1.807, 2.05) is 0 Å². The maximum Gasteiger partial charge on any atom is 0.0481 e. The monoisotopic (exact) mass is 273 g/mol. The largest absolute Gasteiger partial charge is 0.350 e. The summed E-state index contributed by atoms with van der Waals surface area (Å²) in [6.45, 7) is 7.66. The molecule has 0 aliphatic carbocycles. The van der Waals surface area contributed by atoms with Crippen molar-refractivity contribution in [1.82, 2.24) is 14.8 Å². The average Bonchev–Trinajstić information content (AvgIpc) is 2.65. The Bertz CT molecular complexity index is 567. The molecule has 1 N–H and O–H groups in total. The predicted octanol–water partition coefficient (Wildman–Crippen LogP) is 2.86. The Labute approximate surface area is 122 Å². The Hall–Kier alpha value is -1.32. The normalized spacial score (nSPS) is 12.5. The number of nitrogens with one attached hydrogen (secondary N) is 1. The second-order valence-electron chi connectivity index (χ2n) is 6.79. The lowest BCUT2D eigenvalue weighted by Gasteiger charge is -2.28. The van der Waals surface area contributed by atoms with Crippen molar-refractivity contribution < 1.29 is 0 Å². The van der Waals surface area contributed by atoms with Gasteiger partial charge in [0, 0.05) is 43.8 Å². The molecule has 0 spiro atoms. The van der Waals surface area contributed by atoms with E-state index in [2.05, 4.69) is 80.2 Å². The topological polar surface area (TPSA) is 20.2 Å². The third-order valence-electron chi connectivity index (χ3n) is 3.64. The molecule has 0 fully saturated rings. The van der Waals surface area contributed by atoms with Gasteiger partial charge in [-0.3, -0.25) is 0 Å². The number of rotatable bonds is 6. The molecule has 2 rings (SSSR count). The van der Waals surface area contributed by atoms with E-state index in [-0.39, 0.29) is 5.41 Å². The number of para-hydroxylation sites is 1. The van der Waals surface area contributed by atoms with Crippen LogP contribution in [0.15, 0.2) is 30.5 Å². The lowest BCUT2D eigenvalue weighted by Crippen LogP contribution is -2.37. The van der Waals surface area contributed by atoms with Crippen LogP contribution in [0.1, 0.15) is 19.4 Å². The van der Waals surface area contributed by atoms with Crippen LogP contribution in [0.3, 0.4) is 0 Å². The van der Waals surface area contributed by atoms with E-state index >= 15 is 0 Å². The summed E-state index contributed by atoms with van der Waals surface area (Å²) in [5.41, 5.74) is 2.97. The van der Waals surface area contributed by atoms with Gasteiger partial charge in [0.15, 0.2) is 0 Å². The number of aryl methyl sites for hydroxylation is 1. The molecule has 0 amide bonds. The first-order valence-electron chi connectivity index (χ1n) is 7.27. The first-order valence-corrected chi connectivity index (χ1v) is 7.27. The molecule has 0 aliphatic rings. The minimum Gasteiger partial charge on any atom is -0.350 e. The van der Waals surface area contributed by atoms with Crippen LogP contribution in [-0.4, -0.2) is 36.7 Å². The number of aromatic nitrogens is 1. The Morgan fingerprint density at radius 2 is 1.90 bits per heavy atom. The summed E-state index contributed by atoms with van der Waals surface area (Å²) >= 11 is 0. The Balaban J connectivity index is 2.00. The van der Waals surface area contributed by atoms with E-state index in [1.54, 1.807) is 0 Å². The highest BCUT2D eigenvalue weighted by molar-refractivity contribution is 5.83. The molecule has 0 saturated carbocycles. The molecule has 1 aromatic heterocycles. The number of fused-ring (bicyclic) bond motifs is 1. The van der Waals surface area contributed by atoms with Crippen molar-refractivity contribution in [1.29, 1.82) is 0 Å². The van der Waals surface area contributed by atoms with Gasteiger partial charge >= 0.3 is 0 Å². The fourth-order valence-corrected chi connectivity index (χ4v) is 3.01. The molecule has 0 bridgehead atoms. The van der Waals surface area contributed by atoms with Gasteiger partial charge in [-0.1, -0.05) is 32.0 Å². The molecule has 0 unspecified atom stereocenters. The Morgan fingerprint density at radius 1 is 1.20 bits per heavy atom. The molecule has 110 valence electrons. The van der Waals surface area contributed by atoms with E-state index < -0.39 is 0 Å². The highest BCUT2D eigenvalue weighted by Crippen LogP contribution is 2.20. The molecular formula is C17H27N3. The van der Waals surface area contributed by atoms with E-state index in [0.717, 1.165) is 19.6 Å². The summed E-state index contributed by atoms with van der Waals surface area (Å²) in [7, 11) is 6.38. The minimum absolute atomic E-state index is 0.286. The Morgan fingerprint density at radius 3 is 2.60 bits per heavy atom. The molecular weight excluding hydrogens is 246 g/mol. The van der Waals surface area contributed by atoms with E-state index in [0.29, 0.717) is 0 Å². The fraction of sp³-hybridized carbons (Fsp3) is 0.529. The Kier molecular flexibility index (Phi) is 4.51. The van der Waals surface area contributed by atoms with Crippen LogP contribution in [0.2, 0.25) is 0 Å². The zero-order valence-corrected chi connectivity index (χ0v) is 13.4. The van der Waals surface area contributed by atoms with E-state index in [9.17, 15) is 0 Å². The minimum atomic E-state index is 0.286. The lowest BCUT2D eigenvalue weighted by molar-refractivity contribution is 0.232. The average molecular weight is 273 g/mol. The molecule has 0 saturated heterocycles. The van der Waals surface area contributed by atoms with Crippen LogP contribution < -0.4 is 5.32 Å². The highest BCUT2D eigenvalue weighted by Gasteiger charge is 2.18. The van der Waals surface area contributed by atoms with Crippen LogP contribution in [0.5, 0.6) is 0 Å². The van der Waals surface area contributed by atoms with Crippen molar-refractivity contribution in [2.24, 2.45) is 12.5 Å². The van der Waals surface area contributed by atoms with Crippen molar-refractivity contribution >= 4 is 10.9 Å². The second kappa shape index (κ2) is 5.98. The fourth-order valence-electron chi connectivity index (χ4n) is 3.01. The summed E-state index contributed by atoms with van der Waals surface area (Å²) in [4.78, 5) is 2.25. The van der Waals surface area contributed by atoms with Crippen molar-refractivity contribution in [3.63, 3.8) is 0 Å². The quantitative estimate of drug-likeness (QED) is 0.873. The predicted molar refractivity (Wildman–Crippen MR) is 87.0 cm³/mol. The van der Waals surface area contributed by atoms with Gasteiger partial charge in [-0.25, -0.2) is 0 Å². The maximum atomic E-state index is 3.61. The van der Waals surface area contributed by atoms with Gasteiger partial charge < -0.3 is 14.8 Å². The second-order valence-corrected chi connectivity index (χ2v) is 6.79. The van der Waals surface area contributed by atoms with E-state index in [4.69, 9.17) is 0 Å². The summed E-state index contributed by atoms with van der Waals surface area (Å²) < 4.78 is 2.21. The molecule has 2 aromatic rings. The standard InChI is InChI=1S/C17H27N3/c1-17(2,13-19(3)4)12-18-10-14-11-20(5)16-9-7-6-8-15(14)16/h6-9,11,18H,10,12-13H2,1-5H3. The van der Waals surface area contributed by atoms with Gasteiger partial charge in [0.1, 0.15) is 0 Å². The highest BCUT2D eigenvalue weighted by atomic mass is 15.1. The first kappa shape index (κ1) is 15.1. The smallest absolute Gasteiger partial charge is 0.0481 e. The number of nitrogens with zero attached hydrogens (tertiary/aromatic N) is 2. The number of hydrogen-bond donors (Lipinski definition) is 1. The zero-order chi connectivity index (χ0) is 14.8. The molecule has 3 heteroatoms. The third kappa shape index (κ3) is 3.62. The summed E-state index contributed by atoms with van der Waals surface area (Å²) in [6, 6.07) is 8.59. The van der Waals surface area contributed by atoms with Gasteiger partial charge in [-0.15, -0.1) is 0 Å². The summed E-state index contributed by atoms with van der Waals surface area (Å²) in [5.74, 6) is 0. The van der Waals surface area contributed by atoms with Crippen LogP contribution in [-0.2, 0) is 13.6 Å². The van der Waals surface area contributed by atoms with Crippen molar-refractivity contribution in [3.05, 3.63) is 36.0 Å². The molecule has 1 aromatic carbocycles. The molecule has 20 heavy (non-hydrogen) atoms. The third-order valence-corrected chi connectivity index (χ3v) is 3.64. The van der Waals surface area contributed by atoms with Crippen LogP contribution in [0.25, 0.3) is 10.9 Å². The van der Waals surface area contributed by atoms with E-state index in [1.165, 1.54) is 16.5 Å². The van der Waals surface area contributed by atoms with Gasteiger partial charge in [0.25, 0.3) is 0 Å². The summed E-state index contributed by atoms with van der Waals surface area (Å²) in [5, 5.41) is 4.97. The maximum absolute atomic E-state index is 3.61. The van der Waals surface area contributed by atoms with Gasteiger partial charge in [-0.05, 0) is 31.1 Å². The van der Waals surface area contributed by atoms with Crippen molar-refractivity contribution in [3.8, 4) is 0 Å². The van der Waals surface area contributed by atoms with Crippen LogP contribution in [0, 0.1) is 5.41 Å². The van der Waals surface area contributed by atoms with Gasteiger partial charge in [-0.2, -0.15) is 0 Å². The molecule has 3 nitrogen and oxygen atoms in total. The SMILES string of the molecule is CN(C)CC(C)(C)CNCc1cn(C)c2ccccc12. The molecule has 0 aliphatic heterocycles. The van der Waals surface area contributed by atoms with Crippen molar-refractivity contribution in [2.75, 3.05) is 27.2 Å². The molecule has 1 heterocycles.